The van der Waals surface area contributed by atoms with E-state index in [-0.39, 0.29) is 6.07 Å². The Hall–Kier alpha value is -2.18. The Labute approximate surface area is 101 Å². The third-order valence-corrected chi connectivity index (χ3v) is 1.87. The molecule has 0 fully saturated rings. The van der Waals surface area contributed by atoms with E-state index in [4.69, 9.17) is 5.26 Å². The summed E-state index contributed by atoms with van der Waals surface area (Å²) in [6.07, 6.45) is -11.2. The molecule has 104 valence electrons. The topological polar surface area (TPSA) is 65.9 Å². The molecule has 0 spiro atoms. The van der Waals surface area contributed by atoms with Crippen molar-refractivity contribution in [3.8, 4) is 11.9 Å². The van der Waals surface area contributed by atoms with E-state index in [1.165, 1.54) is 11.1 Å². The fraction of sp³-hybridized carbons (Fsp3) is 0.333. The van der Waals surface area contributed by atoms with Crippen molar-refractivity contribution in [1.82, 2.24) is 4.98 Å². The summed E-state index contributed by atoms with van der Waals surface area (Å²) in [6.45, 7) is 0. The summed E-state index contributed by atoms with van der Waals surface area (Å²) in [7, 11) is 0. The Kier molecular flexibility index (Phi) is 3.78. The minimum Gasteiger partial charge on any atom is -0.389 e. The van der Waals surface area contributed by atoms with Gasteiger partial charge in [-0.1, -0.05) is 0 Å². The number of aromatic amines is 1. The number of ether oxygens (including phenoxy) is 1. The molecular formula is C9H4F6N2O2. The van der Waals surface area contributed by atoms with Crippen LogP contribution in [0.2, 0.25) is 0 Å². The molecule has 0 bridgehead atoms. The number of H-pyrrole nitrogens is 1. The number of nitrogens with zero attached hydrogens (tertiary/aromatic N) is 1. The van der Waals surface area contributed by atoms with E-state index in [1.54, 1.807) is 0 Å². The van der Waals surface area contributed by atoms with Gasteiger partial charge in [-0.25, -0.2) is 0 Å². The molecule has 0 radical (unpaired) electrons. The first-order valence-electron chi connectivity index (χ1n) is 4.50. The Morgan fingerprint density at radius 1 is 1.26 bits per heavy atom. The molecule has 0 aliphatic heterocycles. The van der Waals surface area contributed by atoms with E-state index in [0.29, 0.717) is 0 Å². The summed E-state index contributed by atoms with van der Waals surface area (Å²) in [5.41, 5.74) is -3.67. The molecule has 0 saturated heterocycles. The van der Waals surface area contributed by atoms with Crippen LogP contribution in [0.1, 0.15) is 11.1 Å². The van der Waals surface area contributed by atoms with E-state index in [2.05, 4.69) is 4.74 Å². The number of hydrogen-bond acceptors (Lipinski definition) is 3. The maximum Gasteiger partial charge on any atom is 0.574 e. The zero-order valence-electron chi connectivity index (χ0n) is 8.82. The number of pyridine rings is 1. The highest BCUT2D eigenvalue weighted by Gasteiger charge is 2.40. The predicted octanol–water partition coefficient (Wildman–Crippen LogP) is 2.36. The van der Waals surface area contributed by atoms with Crippen molar-refractivity contribution in [2.45, 2.75) is 19.0 Å². The van der Waals surface area contributed by atoms with Crippen LogP contribution in [0.5, 0.6) is 5.88 Å². The lowest BCUT2D eigenvalue weighted by Crippen LogP contribution is -2.25. The third kappa shape index (κ3) is 3.90. The number of rotatable bonds is 2. The molecule has 4 nitrogen and oxygen atoms in total. The van der Waals surface area contributed by atoms with Gasteiger partial charge in [0, 0.05) is 5.56 Å². The molecule has 0 aliphatic carbocycles. The SMILES string of the molecule is N#CCc1cc(C(F)(F)F)c(OC(F)(F)F)[nH]c1=O. The minimum atomic E-state index is -5.39. The molecule has 10 heteroatoms. The van der Waals surface area contributed by atoms with Crippen LogP contribution in [0.3, 0.4) is 0 Å². The molecule has 0 aliphatic rings. The van der Waals surface area contributed by atoms with Gasteiger partial charge in [0.2, 0.25) is 5.88 Å². The predicted molar refractivity (Wildman–Crippen MR) is 48.1 cm³/mol. The van der Waals surface area contributed by atoms with Crippen molar-refractivity contribution in [2.75, 3.05) is 0 Å². The molecule has 0 amide bonds. The zero-order valence-corrected chi connectivity index (χ0v) is 8.82. The monoisotopic (exact) mass is 286 g/mol. The number of aromatic nitrogens is 1. The summed E-state index contributed by atoms with van der Waals surface area (Å²) in [4.78, 5) is 12.5. The number of nitrogens with one attached hydrogen (secondary N) is 1. The second kappa shape index (κ2) is 4.83. The number of alkyl halides is 6. The van der Waals surface area contributed by atoms with Gasteiger partial charge in [-0.05, 0) is 6.07 Å². The van der Waals surface area contributed by atoms with Crippen molar-refractivity contribution in [1.29, 1.82) is 5.26 Å². The van der Waals surface area contributed by atoms with Crippen molar-refractivity contribution in [3.63, 3.8) is 0 Å². The van der Waals surface area contributed by atoms with Crippen LogP contribution in [-0.4, -0.2) is 11.3 Å². The van der Waals surface area contributed by atoms with E-state index >= 15 is 0 Å². The molecule has 0 atom stereocenters. The van der Waals surface area contributed by atoms with Gasteiger partial charge in [-0.15, -0.1) is 13.2 Å². The zero-order chi connectivity index (χ0) is 14.8. The second-order valence-corrected chi connectivity index (χ2v) is 3.25. The largest absolute Gasteiger partial charge is 0.574 e. The molecule has 1 N–H and O–H groups in total. The Balaban J connectivity index is 3.42. The first-order chi connectivity index (χ1) is 8.54. The standard InChI is InChI=1S/C9H4F6N2O2/c10-8(11,12)5-3-4(1-2-16)6(18)17-7(5)19-9(13,14)15/h3H,1H2,(H,17,18). The van der Waals surface area contributed by atoms with Crippen LogP contribution in [0.25, 0.3) is 0 Å². The fourth-order valence-electron chi connectivity index (χ4n) is 1.18. The Morgan fingerprint density at radius 2 is 1.84 bits per heavy atom. The average molecular weight is 286 g/mol. The fourth-order valence-corrected chi connectivity index (χ4v) is 1.18. The summed E-state index contributed by atoms with van der Waals surface area (Å²) < 4.78 is 76.5. The maximum absolute atomic E-state index is 12.5. The highest BCUT2D eigenvalue weighted by atomic mass is 19.4. The van der Waals surface area contributed by atoms with Gasteiger partial charge in [0.05, 0.1) is 12.5 Å². The van der Waals surface area contributed by atoms with Gasteiger partial charge in [-0.2, -0.15) is 18.4 Å². The number of nitriles is 1. The second-order valence-electron chi connectivity index (χ2n) is 3.25. The number of hydrogen-bond donors (Lipinski definition) is 1. The molecular weight excluding hydrogens is 282 g/mol. The Morgan fingerprint density at radius 3 is 2.26 bits per heavy atom. The van der Waals surface area contributed by atoms with Crippen LogP contribution >= 0.6 is 0 Å². The van der Waals surface area contributed by atoms with Crippen molar-refractivity contribution < 1.29 is 31.1 Å². The van der Waals surface area contributed by atoms with Gasteiger partial charge < -0.3 is 4.74 Å². The van der Waals surface area contributed by atoms with Crippen LogP contribution in [0.4, 0.5) is 26.3 Å². The summed E-state index contributed by atoms with van der Waals surface area (Å²) in [6, 6.07) is 1.58. The van der Waals surface area contributed by atoms with Crippen LogP contribution < -0.4 is 10.3 Å². The smallest absolute Gasteiger partial charge is 0.389 e. The molecule has 0 saturated carbocycles. The normalized spacial score (nSPS) is 12.1. The van der Waals surface area contributed by atoms with Gasteiger partial charge >= 0.3 is 12.5 Å². The summed E-state index contributed by atoms with van der Waals surface area (Å²) >= 11 is 0. The van der Waals surface area contributed by atoms with Gasteiger partial charge in [-0.3, -0.25) is 9.78 Å². The average Bonchev–Trinajstić information content (AvgIpc) is 2.17. The van der Waals surface area contributed by atoms with Crippen molar-refractivity contribution >= 4 is 0 Å². The molecule has 19 heavy (non-hydrogen) atoms. The highest BCUT2D eigenvalue weighted by molar-refractivity contribution is 5.33. The highest BCUT2D eigenvalue weighted by Crippen LogP contribution is 2.36. The first kappa shape index (κ1) is 14.9. The lowest BCUT2D eigenvalue weighted by molar-refractivity contribution is -0.278. The van der Waals surface area contributed by atoms with E-state index < -0.39 is 41.5 Å². The lowest BCUT2D eigenvalue weighted by Gasteiger charge is -2.15. The molecule has 0 aromatic carbocycles. The molecule has 1 rings (SSSR count). The van der Waals surface area contributed by atoms with Crippen LogP contribution in [0.15, 0.2) is 10.9 Å². The van der Waals surface area contributed by atoms with Gasteiger partial charge in [0.15, 0.2) is 0 Å². The Bertz CT molecular complexity index is 566. The van der Waals surface area contributed by atoms with E-state index in [0.717, 1.165) is 0 Å². The van der Waals surface area contributed by atoms with Gasteiger partial charge in [0.25, 0.3) is 5.56 Å². The van der Waals surface area contributed by atoms with Crippen LogP contribution in [-0.2, 0) is 12.6 Å². The van der Waals surface area contributed by atoms with E-state index in [9.17, 15) is 31.1 Å². The molecule has 1 aromatic heterocycles. The van der Waals surface area contributed by atoms with E-state index in [1.807, 2.05) is 0 Å². The van der Waals surface area contributed by atoms with Crippen LogP contribution in [0, 0.1) is 11.3 Å². The minimum absolute atomic E-state index is 0.156. The van der Waals surface area contributed by atoms with Crippen molar-refractivity contribution in [3.05, 3.63) is 27.5 Å². The quantitative estimate of drug-likeness (QED) is 0.849. The maximum atomic E-state index is 12.5. The lowest BCUT2D eigenvalue weighted by atomic mass is 10.1. The van der Waals surface area contributed by atoms with Crippen molar-refractivity contribution in [2.24, 2.45) is 0 Å². The summed E-state index contributed by atoms with van der Waals surface area (Å²) in [5.74, 6) is -1.76. The number of halogens is 6. The third-order valence-electron chi connectivity index (χ3n) is 1.87. The molecule has 1 aromatic rings. The summed E-state index contributed by atoms with van der Waals surface area (Å²) in [5, 5.41) is 8.30. The van der Waals surface area contributed by atoms with Gasteiger partial charge in [0.1, 0.15) is 5.56 Å². The first-order valence-corrected chi connectivity index (χ1v) is 4.50. The molecule has 0 unspecified atom stereocenters. The molecule has 1 heterocycles.